The summed E-state index contributed by atoms with van der Waals surface area (Å²) in [6.07, 6.45) is 3.17. The van der Waals surface area contributed by atoms with Gasteiger partial charge in [-0.15, -0.1) is 0 Å². The standard InChI is InChI=1S/C6H4Br2O2/c7-2-1-5-4(8)3-6(9)10-5/h1,3H,2H2/b5-1-. The maximum atomic E-state index is 10.6. The smallest absolute Gasteiger partial charge is 0.337 e. The van der Waals surface area contributed by atoms with Crippen molar-refractivity contribution in [1.82, 2.24) is 0 Å². The summed E-state index contributed by atoms with van der Waals surface area (Å²) < 4.78 is 5.47. The van der Waals surface area contributed by atoms with Crippen molar-refractivity contribution in [2.45, 2.75) is 0 Å². The average molecular weight is 268 g/mol. The second-order valence-electron chi connectivity index (χ2n) is 1.64. The molecule has 0 aliphatic carbocycles. The minimum absolute atomic E-state index is 0.320. The quantitative estimate of drug-likeness (QED) is 0.537. The number of hydrogen-bond acceptors (Lipinski definition) is 2. The Morgan fingerprint density at radius 1 is 1.70 bits per heavy atom. The molecule has 0 saturated heterocycles. The van der Waals surface area contributed by atoms with Crippen molar-refractivity contribution < 1.29 is 9.53 Å². The topological polar surface area (TPSA) is 26.3 Å². The fraction of sp³-hybridized carbons (Fsp3) is 0.167. The first kappa shape index (κ1) is 8.01. The number of halogens is 2. The van der Waals surface area contributed by atoms with Gasteiger partial charge in [0.25, 0.3) is 0 Å². The van der Waals surface area contributed by atoms with Gasteiger partial charge in [-0.05, 0) is 22.0 Å². The van der Waals surface area contributed by atoms with E-state index in [2.05, 4.69) is 31.9 Å². The molecule has 1 rings (SSSR count). The molecule has 0 N–H and O–H groups in total. The molecular formula is C6H4Br2O2. The fourth-order valence-electron chi connectivity index (χ4n) is 0.570. The van der Waals surface area contributed by atoms with E-state index in [1.54, 1.807) is 6.08 Å². The summed E-state index contributed by atoms with van der Waals surface area (Å²) in [7, 11) is 0. The van der Waals surface area contributed by atoms with E-state index in [0.29, 0.717) is 15.6 Å². The van der Waals surface area contributed by atoms with Crippen LogP contribution in [0, 0.1) is 0 Å². The van der Waals surface area contributed by atoms with Crippen molar-refractivity contribution in [2.75, 3.05) is 5.33 Å². The Morgan fingerprint density at radius 2 is 2.40 bits per heavy atom. The first-order chi connectivity index (χ1) is 4.74. The number of hydrogen-bond donors (Lipinski definition) is 0. The summed E-state index contributed by atoms with van der Waals surface area (Å²) in [5.74, 6) is 0.265. The number of esters is 1. The Hall–Kier alpha value is -0.0900. The van der Waals surface area contributed by atoms with Gasteiger partial charge in [-0.3, -0.25) is 0 Å². The minimum Gasteiger partial charge on any atom is -0.422 e. The normalized spacial score (nSPS) is 21.2. The van der Waals surface area contributed by atoms with Crippen LogP contribution in [0.5, 0.6) is 0 Å². The molecule has 0 amide bonds. The Bertz CT molecular complexity index is 218. The molecule has 0 aromatic rings. The molecule has 0 saturated carbocycles. The maximum Gasteiger partial charge on any atom is 0.337 e. The largest absolute Gasteiger partial charge is 0.422 e. The molecular weight excluding hydrogens is 264 g/mol. The Kier molecular flexibility index (Phi) is 2.68. The van der Waals surface area contributed by atoms with Crippen molar-refractivity contribution in [2.24, 2.45) is 0 Å². The van der Waals surface area contributed by atoms with Crippen molar-refractivity contribution in [1.29, 1.82) is 0 Å². The third-order valence-corrected chi connectivity index (χ3v) is 1.90. The minimum atomic E-state index is -0.320. The van der Waals surface area contributed by atoms with Crippen molar-refractivity contribution >= 4 is 37.8 Å². The van der Waals surface area contributed by atoms with E-state index in [0.717, 1.165) is 0 Å². The molecule has 54 valence electrons. The van der Waals surface area contributed by atoms with Crippen LogP contribution in [-0.2, 0) is 9.53 Å². The van der Waals surface area contributed by atoms with Crippen molar-refractivity contribution in [3.63, 3.8) is 0 Å². The van der Waals surface area contributed by atoms with Crippen LogP contribution >= 0.6 is 31.9 Å². The molecule has 0 atom stereocenters. The van der Waals surface area contributed by atoms with Crippen molar-refractivity contribution in [3.8, 4) is 0 Å². The summed E-state index contributed by atoms with van der Waals surface area (Å²) in [6, 6.07) is 0. The van der Waals surface area contributed by atoms with Gasteiger partial charge in [-0.25, -0.2) is 4.79 Å². The zero-order chi connectivity index (χ0) is 7.56. The van der Waals surface area contributed by atoms with Crippen LogP contribution in [0.2, 0.25) is 0 Å². The highest BCUT2D eigenvalue weighted by atomic mass is 79.9. The molecule has 10 heavy (non-hydrogen) atoms. The maximum absolute atomic E-state index is 10.6. The molecule has 1 aliphatic heterocycles. The number of cyclic esters (lactones) is 1. The summed E-state index contributed by atoms with van der Waals surface area (Å²) >= 11 is 6.36. The van der Waals surface area contributed by atoms with Gasteiger partial charge in [0.2, 0.25) is 0 Å². The van der Waals surface area contributed by atoms with Gasteiger partial charge >= 0.3 is 5.97 Å². The van der Waals surface area contributed by atoms with E-state index in [-0.39, 0.29) is 5.97 Å². The highest BCUT2D eigenvalue weighted by Gasteiger charge is 2.16. The van der Waals surface area contributed by atoms with Gasteiger partial charge in [0, 0.05) is 11.4 Å². The van der Waals surface area contributed by atoms with Crippen LogP contribution in [0.4, 0.5) is 0 Å². The predicted octanol–water partition coefficient (Wildman–Crippen LogP) is 2.10. The van der Waals surface area contributed by atoms with E-state index in [1.807, 2.05) is 0 Å². The van der Waals surface area contributed by atoms with Gasteiger partial charge in [0.05, 0.1) is 4.48 Å². The van der Waals surface area contributed by atoms with Gasteiger partial charge < -0.3 is 4.74 Å². The highest BCUT2D eigenvalue weighted by Crippen LogP contribution is 2.24. The molecule has 0 bridgehead atoms. The lowest BCUT2D eigenvalue weighted by Crippen LogP contribution is -1.90. The molecule has 1 heterocycles. The lowest BCUT2D eigenvalue weighted by Gasteiger charge is -1.94. The number of ether oxygens (including phenoxy) is 1. The summed E-state index contributed by atoms with van der Waals surface area (Å²) in [6.45, 7) is 0. The molecule has 2 nitrogen and oxygen atoms in total. The Balaban J connectivity index is 2.77. The molecule has 0 aromatic heterocycles. The third-order valence-electron chi connectivity index (χ3n) is 0.953. The van der Waals surface area contributed by atoms with E-state index < -0.39 is 0 Å². The monoisotopic (exact) mass is 266 g/mol. The average Bonchev–Trinajstić information content (AvgIpc) is 2.13. The van der Waals surface area contributed by atoms with E-state index in [4.69, 9.17) is 4.74 Å². The van der Waals surface area contributed by atoms with Crippen LogP contribution in [0.3, 0.4) is 0 Å². The molecule has 0 aromatic carbocycles. The molecule has 0 spiro atoms. The van der Waals surface area contributed by atoms with Gasteiger partial charge in [-0.2, -0.15) is 0 Å². The summed E-state index contributed by atoms with van der Waals surface area (Å²) in [5.41, 5.74) is 0. The van der Waals surface area contributed by atoms with Crippen molar-refractivity contribution in [3.05, 3.63) is 22.4 Å². The molecule has 0 unspecified atom stereocenters. The highest BCUT2D eigenvalue weighted by molar-refractivity contribution is 9.12. The zero-order valence-corrected chi connectivity index (χ0v) is 8.11. The number of allylic oxidation sites excluding steroid dienone is 2. The summed E-state index contributed by atoms with van der Waals surface area (Å²) in [4.78, 5) is 10.6. The number of carbonyl (C=O) groups is 1. The molecule has 1 aliphatic rings. The van der Waals surface area contributed by atoms with E-state index in [1.165, 1.54) is 6.08 Å². The third kappa shape index (κ3) is 1.70. The second kappa shape index (κ2) is 3.34. The van der Waals surface area contributed by atoms with E-state index in [9.17, 15) is 4.79 Å². The Morgan fingerprint density at radius 3 is 2.80 bits per heavy atom. The zero-order valence-electron chi connectivity index (χ0n) is 4.93. The number of alkyl halides is 1. The van der Waals surface area contributed by atoms with Crippen LogP contribution < -0.4 is 0 Å². The number of rotatable bonds is 1. The molecule has 0 radical (unpaired) electrons. The Labute approximate surface area is 75.2 Å². The lowest BCUT2D eigenvalue weighted by molar-refractivity contribution is -0.132. The van der Waals surface area contributed by atoms with E-state index >= 15 is 0 Å². The summed E-state index contributed by atoms with van der Waals surface area (Å²) in [5, 5.41) is 0.679. The van der Waals surface area contributed by atoms with Crippen LogP contribution in [0.25, 0.3) is 0 Å². The van der Waals surface area contributed by atoms with Gasteiger partial charge in [-0.1, -0.05) is 15.9 Å². The van der Waals surface area contributed by atoms with Gasteiger partial charge in [0.1, 0.15) is 5.76 Å². The van der Waals surface area contributed by atoms with Gasteiger partial charge in [0.15, 0.2) is 0 Å². The molecule has 0 fully saturated rings. The first-order valence-corrected chi connectivity index (χ1v) is 4.51. The first-order valence-electron chi connectivity index (χ1n) is 2.59. The number of carbonyl (C=O) groups excluding carboxylic acids is 1. The van der Waals surface area contributed by atoms with Crippen LogP contribution in [0.1, 0.15) is 0 Å². The lowest BCUT2D eigenvalue weighted by atomic mass is 10.4. The van der Waals surface area contributed by atoms with Crippen LogP contribution in [-0.4, -0.2) is 11.3 Å². The second-order valence-corrected chi connectivity index (χ2v) is 3.14. The van der Waals surface area contributed by atoms with Crippen LogP contribution in [0.15, 0.2) is 22.4 Å². The fourth-order valence-corrected chi connectivity index (χ4v) is 1.29. The predicted molar refractivity (Wildman–Crippen MR) is 45.0 cm³/mol. The molecule has 4 heteroatoms. The SMILES string of the molecule is O=C1C=C(Br)/C(=C/CBr)O1.